The number of esters is 1. The summed E-state index contributed by atoms with van der Waals surface area (Å²) in [5.41, 5.74) is 5.54. The van der Waals surface area contributed by atoms with Crippen LogP contribution >= 0.6 is 34.9 Å². The third-order valence-electron chi connectivity index (χ3n) is 3.78. The molecule has 21 heavy (non-hydrogen) atoms. The van der Waals surface area contributed by atoms with Crippen molar-refractivity contribution < 1.29 is 9.53 Å². The van der Waals surface area contributed by atoms with Gasteiger partial charge in [-0.3, -0.25) is 4.79 Å². The van der Waals surface area contributed by atoms with Gasteiger partial charge >= 0.3 is 5.97 Å². The van der Waals surface area contributed by atoms with E-state index in [1.807, 2.05) is 13.2 Å². The molecule has 0 radical (unpaired) electrons. The lowest BCUT2D eigenvalue weighted by atomic mass is 9.86. The Kier molecular flexibility index (Phi) is 6.34. The Morgan fingerprint density at radius 2 is 2.29 bits per heavy atom. The molecular formula is C13H21N3O2S3. The minimum atomic E-state index is -0.790. The number of ether oxygens (including phenoxy) is 1. The van der Waals surface area contributed by atoms with Gasteiger partial charge in [-0.05, 0) is 38.4 Å². The molecule has 8 heteroatoms. The van der Waals surface area contributed by atoms with E-state index in [1.54, 1.807) is 34.9 Å². The van der Waals surface area contributed by atoms with Gasteiger partial charge < -0.3 is 10.5 Å². The predicted octanol–water partition coefficient (Wildman–Crippen LogP) is 2.80. The summed E-state index contributed by atoms with van der Waals surface area (Å²) in [5, 5.41) is 8.22. The summed E-state index contributed by atoms with van der Waals surface area (Å²) in [6, 6.07) is 0. The van der Waals surface area contributed by atoms with Gasteiger partial charge in [0.2, 0.25) is 0 Å². The summed E-state index contributed by atoms with van der Waals surface area (Å²) in [4.78, 5) is 12.1. The van der Waals surface area contributed by atoms with E-state index >= 15 is 0 Å². The van der Waals surface area contributed by atoms with Crippen LogP contribution in [0.4, 0.5) is 0 Å². The first-order chi connectivity index (χ1) is 10.1. The fourth-order valence-corrected chi connectivity index (χ4v) is 5.23. The van der Waals surface area contributed by atoms with Gasteiger partial charge in [-0.15, -0.1) is 10.2 Å². The molecule has 0 aliphatic heterocycles. The van der Waals surface area contributed by atoms with E-state index in [1.165, 1.54) is 0 Å². The molecule has 118 valence electrons. The summed E-state index contributed by atoms with van der Waals surface area (Å²) < 4.78 is 7.11. The maximum atomic E-state index is 12.1. The molecule has 1 saturated carbocycles. The first-order valence-electron chi connectivity index (χ1n) is 7.06. The second-order valence-corrected chi connectivity index (χ2v) is 8.40. The maximum Gasteiger partial charge on any atom is 0.326 e. The summed E-state index contributed by atoms with van der Waals surface area (Å²) >= 11 is 4.91. The average Bonchev–Trinajstić information content (AvgIpc) is 3.07. The Balaban J connectivity index is 1.85. The summed E-state index contributed by atoms with van der Waals surface area (Å²) in [7, 11) is 0. The first kappa shape index (κ1) is 17.1. The number of hydrogen-bond acceptors (Lipinski definition) is 8. The highest BCUT2D eigenvalue weighted by Crippen LogP contribution is 2.38. The lowest BCUT2D eigenvalue weighted by Crippen LogP contribution is -2.52. The van der Waals surface area contributed by atoms with Crippen molar-refractivity contribution >= 4 is 40.8 Å². The van der Waals surface area contributed by atoms with Crippen LogP contribution < -0.4 is 5.73 Å². The standard InChI is InChI=1S/C13H21N3O2S3/c1-3-18-10(17)13(14)7-4-5-9(13)6-8-20-12-16-15-11(19-2)21-12/h9H,3-8,14H2,1-2H3. The minimum Gasteiger partial charge on any atom is -0.465 e. The van der Waals surface area contributed by atoms with Crippen LogP contribution in [0.15, 0.2) is 8.68 Å². The van der Waals surface area contributed by atoms with Crippen molar-refractivity contribution in [1.82, 2.24) is 10.2 Å². The number of nitrogens with zero attached hydrogens (tertiary/aromatic N) is 2. The van der Waals surface area contributed by atoms with Gasteiger partial charge in [0, 0.05) is 5.75 Å². The number of carbonyl (C=O) groups is 1. The predicted molar refractivity (Wildman–Crippen MR) is 87.9 cm³/mol. The smallest absolute Gasteiger partial charge is 0.326 e. The Bertz CT molecular complexity index is 483. The molecule has 1 fully saturated rings. The monoisotopic (exact) mass is 347 g/mol. The minimum absolute atomic E-state index is 0.206. The van der Waals surface area contributed by atoms with E-state index in [0.29, 0.717) is 6.61 Å². The van der Waals surface area contributed by atoms with E-state index < -0.39 is 5.54 Å². The van der Waals surface area contributed by atoms with E-state index in [2.05, 4.69) is 10.2 Å². The SMILES string of the molecule is CCOC(=O)C1(N)CCCC1CCSc1nnc(SC)s1. The molecule has 0 amide bonds. The lowest BCUT2D eigenvalue weighted by Gasteiger charge is -2.28. The summed E-state index contributed by atoms with van der Waals surface area (Å²) in [6.07, 6.45) is 5.64. The molecule has 0 bridgehead atoms. The molecule has 1 aromatic rings. The molecule has 1 aliphatic rings. The van der Waals surface area contributed by atoms with Crippen molar-refractivity contribution in [3.63, 3.8) is 0 Å². The molecule has 0 aromatic carbocycles. The van der Waals surface area contributed by atoms with Crippen molar-refractivity contribution in [3.8, 4) is 0 Å². The van der Waals surface area contributed by atoms with Crippen LogP contribution in [-0.4, -0.2) is 40.3 Å². The molecule has 2 N–H and O–H groups in total. The largest absolute Gasteiger partial charge is 0.465 e. The Morgan fingerprint density at radius 1 is 1.52 bits per heavy atom. The number of rotatable bonds is 7. The van der Waals surface area contributed by atoms with E-state index in [4.69, 9.17) is 10.5 Å². The van der Waals surface area contributed by atoms with Crippen molar-refractivity contribution in [2.24, 2.45) is 11.7 Å². The maximum absolute atomic E-state index is 12.1. The molecule has 1 aliphatic carbocycles. The highest BCUT2D eigenvalue weighted by atomic mass is 32.2. The number of thioether (sulfide) groups is 2. The van der Waals surface area contributed by atoms with Crippen LogP contribution in [0.2, 0.25) is 0 Å². The number of carbonyl (C=O) groups excluding carboxylic acids is 1. The molecule has 2 rings (SSSR count). The van der Waals surface area contributed by atoms with E-state index in [0.717, 1.165) is 40.1 Å². The van der Waals surface area contributed by atoms with E-state index in [-0.39, 0.29) is 11.9 Å². The van der Waals surface area contributed by atoms with Crippen molar-refractivity contribution in [3.05, 3.63) is 0 Å². The molecule has 1 aromatic heterocycles. The van der Waals surface area contributed by atoms with Gasteiger partial charge in [0.25, 0.3) is 0 Å². The normalized spacial score (nSPS) is 25.2. The lowest BCUT2D eigenvalue weighted by molar-refractivity contribution is -0.151. The summed E-state index contributed by atoms with van der Waals surface area (Å²) in [5.74, 6) is 0.876. The van der Waals surface area contributed by atoms with Gasteiger partial charge in [-0.25, -0.2) is 0 Å². The Labute approximate surface area is 137 Å². The van der Waals surface area contributed by atoms with Crippen molar-refractivity contribution in [1.29, 1.82) is 0 Å². The van der Waals surface area contributed by atoms with E-state index in [9.17, 15) is 4.79 Å². The number of nitrogens with two attached hydrogens (primary N) is 1. The third-order valence-corrected chi connectivity index (χ3v) is 6.85. The fraction of sp³-hybridized carbons (Fsp3) is 0.769. The Hall–Kier alpha value is -0.310. The first-order valence-corrected chi connectivity index (χ1v) is 10.1. The second kappa shape index (κ2) is 7.80. The molecule has 0 spiro atoms. The van der Waals surface area contributed by atoms with Crippen LogP contribution in [0.5, 0.6) is 0 Å². The molecule has 5 nitrogen and oxygen atoms in total. The average molecular weight is 348 g/mol. The number of aromatic nitrogens is 2. The zero-order valence-corrected chi connectivity index (χ0v) is 14.8. The van der Waals surface area contributed by atoms with Crippen LogP contribution in [0.25, 0.3) is 0 Å². The zero-order chi connectivity index (χ0) is 15.3. The van der Waals surface area contributed by atoms with Crippen LogP contribution in [0.3, 0.4) is 0 Å². The van der Waals surface area contributed by atoms with Gasteiger partial charge in [-0.2, -0.15) is 0 Å². The number of hydrogen-bond donors (Lipinski definition) is 1. The van der Waals surface area contributed by atoms with Crippen molar-refractivity contribution in [2.75, 3.05) is 18.6 Å². The van der Waals surface area contributed by atoms with Crippen LogP contribution in [0.1, 0.15) is 32.6 Å². The molecule has 0 saturated heterocycles. The van der Waals surface area contributed by atoms with Gasteiger partial charge in [0.1, 0.15) is 5.54 Å². The third kappa shape index (κ3) is 4.12. The van der Waals surface area contributed by atoms with Crippen LogP contribution in [0, 0.1) is 5.92 Å². The van der Waals surface area contributed by atoms with Gasteiger partial charge in [-0.1, -0.05) is 41.3 Å². The highest BCUT2D eigenvalue weighted by Gasteiger charge is 2.46. The van der Waals surface area contributed by atoms with Gasteiger partial charge in [0.05, 0.1) is 6.61 Å². The van der Waals surface area contributed by atoms with Gasteiger partial charge in [0.15, 0.2) is 8.68 Å². The quantitative estimate of drug-likeness (QED) is 0.600. The second-order valence-electron chi connectivity index (χ2n) is 5.03. The summed E-state index contributed by atoms with van der Waals surface area (Å²) in [6.45, 7) is 2.21. The highest BCUT2D eigenvalue weighted by molar-refractivity contribution is 8.02. The Morgan fingerprint density at radius 3 is 2.95 bits per heavy atom. The molecule has 2 atom stereocenters. The molecular weight excluding hydrogens is 326 g/mol. The zero-order valence-electron chi connectivity index (χ0n) is 12.3. The topological polar surface area (TPSA) is 78.1 Å². The van der Waals surface area contributed by atoms with Crippen LogP contribution in [-0.2, 0) is 9.53 Å². The molecule has 1 heterocycles. The molecule has 2 unspecified atom stereocenters. The van der Waals surface area contributed by atoms with Crippen molar-refractivity contribution in [2.45, 2.75) is 46.8 Å². The fourth-order valence-electron chi connectivity index (χ4n) is 2.67.